The van der Waals surface area contributed by atoms with Gasteiger partial charge in [-0.15, -0.1) is 0 Å². The normalized spacial score (nSPS) is 27.6. The standard InChI is InChI=1S/C9H15FN2O/c1-5(2)11-6(3)12-9(13)7-4-8(7)10/h5,7-8H,4H2,1-3H3,(H,11,12,13)/t7-,8+/m1/s1. The first-order chi connectivity index (χ1) is 6.00. The maximum absolute atomic E-state index is 12.4. The van der Waals surface area contributed by atoms with Crippen molar-refractivity contribution in [2.24, 2.45) is 10.9 Å². The number of nitrogens with zero attached hydrogens (tertiary/aromatic N) is 1. The van der Waals surface area contributed by atoms with Crippen molar-refractivity contribution in [1.82, 2.24) is 5.32 Å². The summed E-state index contributed by atoms with van der Waals surface area (Å²) in [6, 6.07) is 0.153. The number of amidine groups is 1. The molecule has 0 aromatic heterocycles. The van der Waals surface area contributed by atoms with Crippen LogP contribution in [0.2, 0.25) is 0 Å². The molecule has 0 bridgehead atoms. The molecule has 1 aliphatic carbocycles. The average molecular weight is 186 g/mol. The Morgan fingerprint density at radius 3 is 2.54 bits per heavy atom. The molecule has 0 saturated heterocycles. The second-order valence-corrected chi connectivity index (χ2v) is 3.66. The molecule has 0 heterocycles. The van der Waals surface area contributed by atoms with Crippen LogP contribution in [0, 0.1) is 5.92 Å². The lowest BCUT2D eigenvalue weighted by Gasteiger charge is -2.04. The van der Waals surface area contributed by atoms with E-state index in [2.05, 4.69) is 10.3 Å². The minimum absolute atomic E-state index is 0.153. The number of carbonyl (C=O) groups is 1. The second kappa shape index (κ2) is 3.85. The fraction of sp³-hybridized carbons (Fsp3) is 0.778. The Morgan fingerprint density at radius 1 is 1.62 bits per heavy atom. The molecule has 1 fully saturated rings. The zero-order valence-corrected chi connectivity index (χ0v) is 8.17. The fourth-order valence-corrected chi connectivity index (χ4v) is 1.13. The van der Waals surface area contributed by atoms with Crippen molar-refractivity contribution >= 4 is 11.7 Å². The van der Waals surface area contributed by atoms with Gasteiger partial charge < -0.3 is 5.32 Å². The summed E-state index contributed by atoms with van der Waals surface area (Å²) in [5.74, 6) is -0.106. The van der Waals surface area contributed by atoms with E-state index in [0.717, 1.165) is 0 Å². The van der Waals surface area contributed by atoms with Gasteiger partial charge in [-0.05, 0) is 27.2 Å². The van der Waals surface area contributed by atoms with Gasteiger partial charge in [0.2, 0.25) is 5.91 Å². The molecule has 3 nitrogen and oxygen atoms in total. The summed E-state index contributed by atoms with van der Waals surface area (Å²) in [7, 11) is 0. The van der Waals surface area contributed by atoms with Gasteiger partial charge >= 0.3 is 0 Å². The molecule has 1 rings (SSSR count). The summed E-state index contributed by atoms with van der Waals surface area (Å²) >= 11 is 0. The van der Waals surface area contributed by atoms with E-state index < -0.39 is 12.1 Å². The van der Waals surface area contributed by atoms with Crippen LogP contribution in [0.5, 0.6) is 0 Å². The molecule has 0 unspecified atom stereocenters. The highest BCUT2D eigenvalue weighted by molar-refractivity contribution is 5.99. The highest BCUT2D eigenvalue weighted by Gasteiger charge is 2.43. The maximum atomic E-state index is 12.4. The maximum Gasteiger partial charge on any atom is 0.231 e. The van der Waals surface area contributed by atoms with Gasteiger partial charge in [-0.1, -0.05) is 0 Å². The molecular formula is C9H15FN2O. The molecule has 0 aromatic carbocycles. The van der Waals surface area contributed by atoms with E-state index in [4.69, 9.17) is 0 Å². The fourth-order valence-electron chi connectivity index (χ4n) is 1.13. The molecule has 4 heteroatoms. The zero-order valence-electron chi connectivity index (χ0n) is 8.17. The first-order valence-corrected chi connectivity index (χ1v) is 4.50. The molecule has 74 valence electrons. The van der Waals surface area contributed by atoms with Crippen LogP contribution in [0.25, 0.3) is 0 Å². The summed E-state index contributed by atoms with van der Waals surface area (Å²) in [6.07, 6.45) is -0.576. The van der Waals surface area contributed by atoms with E-state index in [1.165, 1.54) is 0 Å². The van der Waals surface area contributed by atoms with Crippen molar-refractivity contribution < 1.29 is 9.18 Å². The largest absolute Gasteiger partial charge is 0.314 e. The number of aliphatic imine (C=N–C) groups is 1. The van der Waals surface area contributed by atoms with Gasteiger partial charge in [0.1, 0.15) is 12.0 Å². The highest BCUT2D eigenvalue weighted by atomic mass is 19.1. The van der Waals surface area contributed by atoms with Crippen molar-refractivity contribution in [3.63, 3.8) is 0 Å². The third-order valence-electron chi connectivity index (χ3n) is 1.81. The van der Waals surface area contributed by atoms with Gasteiger partial charge in [0.15, 0.2) is 0 Å². The second-order valence-electron chi connectivity index (χ2n) is 3.66. The number of nitrogens with one attached hydrogen (secondary N) is 1. The number of rotatable bonds is 2. The molecule has 0 aliphatic heterocycles. The van der Waals surface area contributed by atoms with Gasteiger partial charge in [-0.25, -0.2) is 4.39 Å². The number of alkyl halides is 1. The monoisotopic (exact) mass is 186 g/mol. The van der Waals surface area contributed by atoms with Gasteiger partial charge in [0.05, 0.1) is 5.92 Å². The predicted molar refractivity (Wildman–Crippen MR) is 49.4 cm³/mol. The van der Waals surface area contributed by atoms with Crippen LogP contribution >= 0.6 is 0 Å². The lowest BCUT2D eigenvalue weighted by Crippen LogP contribution is -2.31. The molecule has 1 aliphatic rings. The Bertz CT molecular complexity index is 238. The number of hydrogen-bond donors (Lipinski definition) is 1. The highest BCUT2D eigenvalue weighted by Crippen LogP contribution is 2.33. The van der Waals surface area contributed by atoms with Crippen LogP contribution in [0.4, 0.5) is 4.39 Å². The molecule has 0 radical (unpaired) electrons. The van der Waals surface area contributed by atoms with Crippen LogP contribution in [0.3, 0.4) is 0 Å². The van der Waals surface area contributed by atoms with Crippen LogP contribution in [0.1, 0.15) is 27.2 Å². The van der Waals surface area contributed by atoms with Crippen molar-refractivity contribution in [3.8, 4) is 0 Å². The van der Waals surface area contributed by atoms with Gasteiger partial charge in [0, 0.05) is 6.04 Å². The van der Waals surface area contributed by atoms with E-state index in [0.29, 0.717) is 12.3 Å². The molecule has 1 saturated carbocycles. The molecular weight excluding hydrogens is 171 g/mol. The van der Waals surface area contributed by atoms with Gasteiger partial charge in [0.25, 0.3) is 0 Å². The lowest BCUT2D eigenvalue weighted by molar-refractivity contribution is -0.121. The van der Waals surface area contributed by atoms with Gasteiger partial charge in [-0.3, -0.25) is 9.79 Å². The summed E-state index contributed by atoms with van der Waals surface area (Å²) in [4.78, 5) is 15.3. The first-order valence-electron chi connectivity index (χ1n) is 4.50. The zero-order chi connectivity index (χ0) is 10.0. The molecule has 13 heavy (non-hydrogen) atoms. The molecule has 1 N–H and O–H groups in total. The van der Waals surface area contributed by atoms with E-state index in [9.17, 15) is 9.18 Å². The van der Waals surface area contributed by atoms with E-state index >= 15 is 0 Å². The predicted octanol–water partition coefficient (Wildman–Crippen LogP) is 1.29. The van der Waals surface area contributed by atoms with Crippen LogP contribution in [-0.2, 0) is 4.79 Å². The Kier molecular flexibility index (Phi) is 3.01. The summed E-state index contributed by atoms with van der Waals surface area (Å²) in [6.45, 7) is 5.56. The van der Waals surface area contributed by atoms with E-state index in [-0.39, 0.29) is 11.9 Å². The first kappa shape index (κ1) is 10.2. The molecule has 2 atom stereocenters. The van der Waals surface area contributed by atoms with Gasteiger partial charge in [-0.2, -0.15) is 0 Å². The minimum Gasteiger partial charge on any atom is -0.314 e. The Hall–Kier alpha value is -0.930. The van der Waals surface area contributed by atoms with Crippen molar-refractivity contribution in [1.29, 1.82) is 0 Å². The summed E-state index contributed by atoms with van der Waals surface area (Å²) in [5, 5.41) is 2.57. The summed E-state index contributed by atoms with van der Waals surface area (Å²) < 4.78 is 12.4. The smallest absolute Gasteiger partial charge is 0.231 e. The van der Waals surface area contributed by atoms with Crippen LogP contribution in [-0.4, -0.2) is 24.0 Å². The number of halogens is 1. The van der Waals surface area contributed by atoms with E-state index in [1.807, 2.05) is 13.8 Å². The van der Waals surface area contributed by atoms with Crippen molar-refractivity contribution in [3.05, 3.63) is 0 Å². The number of carbonyl (C=O) groups excluding carboxylic acids is 1. The summed E-state index contributed by atoms with van der Waals surface area (Å²) in [5.41, 5.74) is 0. The lowest BCUT2D eigenvalue weighted by atomic mass is 10.4. The quantitative estimate of drug-likeness (QED) is 0.512. The third-order valence-corrected chi connectivity index (χ3v) is 1.81. The minimum atomic E-state index is -0.938. The van der Waals surface area contributed by atoms with Crippen molar-refractivity contribution in [2.75, 3.05) is 0 Å². The Labute approximate surface area is 77.4 Å². The van der Waals surface area contributed by atoms with E-state index in [1.54, 1.807) is 6.92 Å². The number of hydrogen-bond acceptors (Lipinski definition) is 2. The SMILES string of the molecule is C/C(=N\C(C)C)NC(=O)[C@@H]1C[C@@H]1F. The van der Waals surface area contributed by atoms with Crippen molar-refractivity contribution in [2.45, 2.75) is 39.4 Å². The Balaban J connectivity index is 2.36. The molecule has 0 spiro atoms. The molecule has 1 amide bonds. The average Bonchev–Trinajstić information content (AvgIpc) is 2.64. The number of amides is 1. The third kappa shape index (κ3) is 3.13. The Morgan fingerprint density at radius 2 is 2.15 bits per heavy atom. The van der Waals surface area contributed by atoms with Crippen LogP contribution < -0.4 is 5.32 Å². The van der Waals surface area contributed by atoms with Crippen LogP contribution in [0.15, 0.2) is 4.99 Å². The topological polar surface area (TPSA) is 41.5 Å². The molecule has 0 aromatic rings.